The van der Waals surface area contributed by atoms with Gasteiger partial charge in [0.05, 0.1) is 5.69 Å². The highest BCUT2D eigenvalue weighted by Gasteiger charge is 2.04. The molecule has 0 aliphatic rings. The van der Waals surface area contributed by atoms with E-state index in [4.69, 9.17) is 0 Å². The summed E-state index contributed by atoms with van der Waals surface area (Å²) in [5.41, 5.74) is 1.09. The SMILES string of the molecule is CCCn1cc(C)nc1NCCCN(CC)CC. The molecule has 1 aromatic rings. The minimum atomic E-state index is 0.997. The third kappa shape index (κ3) is 4.69. The van der Waals surface area contributed by atoms with E-state index in [1.165, 1.54) is 6.42 Å². The van der Waals surface area contributed by atoms with Gasteiger partial charge >= 0.3 is 0 Å². The van der Waals surface area contributed by atoms with Gasteiger partial charge in [-0.15, -0.1) is 0 Å². The summed E-state index contributed by atoms with van der Waals surface area (Å²) in [5, 5.41) is 3.45. The number of nitrogens with one attached hydrogen (secondary N) is 1. The van der Waals surface area contributed by atoms with Crippen LogP contribution in [0.15, 0.2) is 6.20 Å². The molecular formula is C14H28N4. The summed E-state index contributed by atoms with van der Waals surface area (Å²) >= 11 is 0. The van der Waals surface area contributed by atoms with Crippen molar-refractivity contribution in [3.63, 3.8) is 0 Å². The predicted octanol–water partition coefficient (Wildman–Crippen LogP) is 2.75. The van der Waals surface area contributed by atoms with Crippen molar-refractivity contribution in [3.8, 4) is 0 Å². The van der Waals surface area contributed by atoms with Gasteiger partial charge in [-0.05, 0) is 39.4 Å². The molecule has 0 amide bonds. The van der Waals surface area contributed by atoms with Crippen molar-refractivity contribution in [2.45, 2.75) is 47.1 Å². The van der Waals surface area contributed by atoms with Crippen molar-refractivity contribution < 1.29 is 0 Å². The lowest BCUT2D eigenvalue weighted by atomic mass is 10.3. The maximum absolute atomic E-state index is 4.52. The summed E-state index contributed by atoms with van der Waals surface area (Å²) in [6.45, 7) is 14.2. The second-order valence-corrected chi connectivity index (χ2v) is 4.71. The zero-order chi connectivity index (χ0) is 13.4. The zero-order valence-corrected chi connectivity index (χ0v) is 12.4. The fourth-order valence-corrected chi connectivity index (χ4v) is 2.14. The molecule has 4 heteroatoms. The summed E-state index contributed by atoms with van der Waals surface area (Å²) in [5.74, 6) is 1.02. The largest absolute Gasteiger partial charge is 0.356 e. The average Bonchev–Trinajstić information content (AvgIpc) is 2.70. The molecule has 0 aromatic carbocycles. The summed E-state index contributed by atoms with van der Waals surface area (Å²) in [7, 11) is 0. The van der Waals surface area contributed by atoms with Crippen molar-refractivity contribution >= 4 is 5.95 Å². The minimum Gasteiger partial charge on any atom is -0.356 e. The van der Waals surface area contributed by atoms with Crippen LogP contribution in [0.3, 0.4) is 0 Å². The summed E-state index contributed by atoms with van der Waals surface area (Å²) in [4.78, 5) is 6.97. The van der Waals surface area contributed by atoms with Gasteiger partial charge < -0.3 is 14.8 Å². The molecule has 0 saturated heterocycles. The van der Waals surface area contributed by atoms with Gasteiger partial charge in [0.1, 0.15) is 0 Å². The number of aromatic nitrogens is 2. The van der Waals surface area contributed by atoms with E-state index in [9.17, 15) is 0 Å². The summed E-state index contributed by atoms with van der Waals surface area (Å²) in [6.07, 6.45) is 4.43. The van der Waals surface area contributed by atoms with Crippen molar-refractivity contribution in [2.75, 3.05) is 31.5 Å². The van der Waals surface area contributed by atoms with Gasteiger partial charge in [0, 0.05) is 19.3 Å². The van der Waals surface area contributed by atoms with E-state index < -0.39 is 0 Å². The van der Waals surface area contributed by atoms with E-state index >= 15 is 0 Å². The second-order valence-electron chi connectivity index (χ2n) is 4.71. The average molecular weight is 252 g/mol. The van der Waals surface area contributed by atoms with Crippen LogP contribution in [0, 0.1) is 6.92 Å². The Bertz CT molecular complexity index is 329. The van der Waals surface area contributed by atoms with E-state index in [2.05, 4.69) is 46.7 Å². The lowest BCUT2D eigenvalue weighted by Crippen LogP contribution is -2.25. The van der Waals surface area contributed by atoms with E-state index in [1.807, 2.05) is 6.92 Å². The minimum absolute atomic E-state index is 0.997. The molecule has 1 aromatic heterocycles. The molecule has 0 radical (unpaired) electrons. The van der Waals surface area contributed by atoms with E-state index in [1.54, 1.807) is 0 Å². The maximum atomic E-state index is 4.52. The van der Waals surface area contributed by atoms with Gasteiger partial charge in [0.2, 0.25) is 5.95 Å². The van der Waals surface area contributed by atoms with Crippen LogP contribution in [0.2, 0.25) is 0 Å². The molecule has 18 heavy (non-hydrogen) atoms. The molecule has 0 aliphatic carbocycles. The molecule has 1 N–H and O–H groups in total. The number of imidazole rings is 1. The molecule has 1 heterocycles. The highest BCUT2D eigenvalue weighted by atomic mass is 15.2. The van der Waals surface area contributed by atoms with Gasteiger partial charge in [-0.25, -0.2) is 4.98 Å². The Morgan fingerprint density at radius 2 is 2.00 bits per heavy atom. The highest BCUT2D eigenvalue weighted by molar-refractivity contribution is 5.28. The first-order chi connectivity index (χ1) is 8.71. The molecular weight excluding hydrogens is 224 g/mol. The predicted molar refractivity (Wildman–Crippen MR) is 78.1 cm³/mol. The Morgan fingerprint density at radius 1 is 1.28 bits per heavy atom. The van der Waals surface area contributed by atoms with Gasteiger partial charge in [-0.1, -0.05) is 20.8 Å². The highest BCUT2D eigenvalue weighted by Crippen LogP contribution is 2.09. The third-order valence-corrected chi connectivity index (χ3v) is 3.19. The first-order valence-corrected chi connectivity index (χ1v) is 7.21. The van der Waals surface area contributed by atoms with Crippen LogP contribution < -0.4 is 5.32 Å². The molecule has 0 fully saturated rings. The van der Waals surface area contributed by atoms with Gasteiger partial charge in [-0.2, -0.15) is 0 Å². The van der Waals surface area contributed by atoms with Gasteiger partial charge in [0.25, 0.3) is 0 Å². The molecule has 0 spiro atoms. The molecule has 0 bridgehead atoms. The second kappa shape index (κ2) is 8.14. The third-order valence-electron chi connectivity index (χ3n) is 3.19. The van der Waals surface area contributed by atoms with Crippen LogP contribution in [-0.4, -0.2) is 40.6 Å². The maximum Gasteiger partial charge on any atom is 0.203 e. The van der Waals surface area contributed by atoms with E-state index in [-0.39, 0.29) is 0 Å². The van der Waals surface area contributed by atoms with Crippen LogP contribution in [0.5, 0.6) is 0 Å². The first-order valence-electron chi connectivity index (χ1n) is 7.21. The molecule has 0 unspecified atom stereocenters. The number of aryl methyl sites for hydroxylation is 2. The van der Waals surface area contributed by atoms with Crippen molar-refractivity contribution in [1.82, 2.24) is 14.5 Å². The van der Waals surface area contributed by atoms with Crippen LogP contribution in [0.1, 0.15) is 39.3 Å². The lowest BCUT2D eigenvalue weighted by molar-refractivity contribution is 0.303. The van der Waals surface area contributed by atoms with Crippen molar-refractivity contribution in [3.05, 3.63) is 11.9 Å². The Morgan fingerprint density at radius 3 is 2.61 bits per heavy atom. The molecule has 4 nitrogen and oxygen atoms in total. The van der Waals surface area contributed by atoms with Crippen molar-refractivity contribution in [2.24, 2.45) is 0 Å². The Hall–Kier alpha value is -1.03. The van der Waals surface area contributed by atoms with Gasteiger partial charge in [0.15, 0.2) is 0 Å². The van der Waals surface area contributed by atoms with Crippen LogP contribution in [0.4, 0.5) is 5.95 Å². The van der Waals surface area contributed by atoms with Gasteiger partial charge in [-0.3, -0.25) is 0 Å². The number of hydrogen-bond acceptors (Lipinski definition) is 3. The lowest BCUT2D eigenvalue weighted by Gasteiger charge is -2.17. The van der Waals surface area contributed by atoms with E-state index in [0.29, 0.717) is 0 Å². The number of rotatable bonds is 9. The number of hydrogen-bond donors (Lipinski definition) is 1. The fourth-order valence-electron chi connectivity index (χ4n) is 2.14. The monoisotopic (exact) mass is 252 g/mol. The Labute approximate surface area is 111 Å². The van der Waals surface area contributed by atoms with Crippen LogP contribution in [-0.2, 0) is 6.54 Å². The number of anilines is 1. The molecule has 0 saturated carbocycles. The smallest absolute Gasteiger partial charge is 0.203 e. The molecule has 1 rings (SSSR count). The Balaban J connectivity index is 2.34. The standard InChI is InChI=1S/C14H28N4/c1-5-10-18-12-13(4)16-14(18)15-9-8-11-17(6-2)7-3/h12H,5-11H2,1-4H3,(H,15,16). The Kier molecular flexibility index (Phi) is 6.80. The first kappa shape index (κ1) is 15.0. The topological polar surface area (TPSA) is 33.1 Å². The number of nitrogens with zero attached hydrogens (tertiary/aromatic N) is 3. The van der Waals surface area contributed by atoms with Crippen molar-refractivity contribution in [1.29, 1.82) is 0 Å². The fraction of sp³-hybridized carbons (Fsp3) is 0.786. The molecule has 0 atom stereocenters. The zero-order valence-electron chi connectivity index (χ0n) is 12.4. The van der Waals surface area contributed by atoms with E-state index in [0.717, 1.165) is 50.8 Å². The quantitative estimate of drug-likeness (QED) is 0.686. The summed E-state index contributed by atoms with van der Waals surface area (Å²) < 4.78 is 2.22. The van der Waals surface area contributed by atoms with Crippen LogP contribution >= 0.6 is 0 Å². The van der Waals surface area contributed by atoms with Crippen LogP contribution in [0.25, 0.3) is 0 Å². The summed E-state index contributed by atoms with van der Waals surface area (Å²) in [6, 6.07) is 0. The molecule has 104 valence electrons. The molecule has 0 aliphatic heterocycles. The normalized spacial score (nSPS) is 11.2.